The third-order valence-electron chi connectivity index (χ3n) is 6.59. The summed E-state index contributed by atoms with van der Waals surface area (Å²) in [6.07, 6.45) is -5.03. The van der Waals surface area contributed by atoms with Crippen LogP contribution >= 0.6 is 0 Å². The fourth-order valence-electron chi connectivity index (χ4n) is 4.66. The Morgan fingerprint density at radius 1 is 0.923 bits per heavy atom. The molecule has 0 amide bonds. The van der Waals surface area contributed by atoms with Crippen molar-refractivity contribution in [2.75, 3.05) is 37.7 Å². The van der Waals surface area contributed by atoms with Crippen LogP contribution in [0.5, 0.6) is 23.0 Å². The molecule has 1 aliphatic rings. The topological polar surface area (TPSA) is 75.4 Å². The van der Waals surface area contributed by atoms with Crippen molar-refractivity contribution in [3.63, 3.8) is 0 Å². The number of phenolic OH excluding ortho intramolecular Hbond substituents is 1. The van der Waals surface area contributed by atoms with E-state index in [0.717, 1.165) is 5.69 Å². The minimum atomic E-state index is -5.03. The molecule has 1 saturated heterocycles. The summed E-state index contributed by atoms with van der Waals surface area (Å²) in [4.78, 5) is 17.6. The van der Waals surface area contributed by atoms with Gasteiger partial charge in [0.05, 0.1) is 17.6 Å². The maximum absolute atomic E-state index is 14.2. The Labute approximate surface area is 222 Å². The van der Waals surface area contributed by atoms with Gasteiger partial charge in [-0.15, -0.1) is 0 Å². The summed E-state index contributed by atoms with van der Waals surface area (Å²) in [6.45, 7) is 4.69. The fraction of sp³-hybridized carbons (Fsp3) is 0.276. The first-order valence-corrected chi connectivity index (χ1v) is 12.6. The summed E-state index contributed by atoms with van der Waals surface area (Å²) < 4.78 is 58.8. The molecule has 204 valence electrons. The van der Waals surface area contributed by atoms with Crippen LogP contribution in [0.1, 0.15) is 18.2 Å². The van der Waals surface area contributed by atoms with E-state index in [-0.39, 0.29) is 46.9 Å². The SMILES string of the molecule is CCOc1ccccc1Oc1c(C(F)(F)F)oc2c(CN3CCN(c4ccccc4)CC3)c(O)ccc2c1=O. The lowest BCUT2D eigenvalue weighted by atomic mass is 10.1. The highest BCUT2D eigenvalue weighted by Gasteiger charge is 2.41. The molecule has 0 bridgehead atoms. The van der Waals surface area contributed by atoms with Crippen molar-refractivity contribution in [2.45, 2.75) is 19.6 Å². The molecule has 39 heavy (non-hydrogen) atoms. The molecule has 0 unspecified atom stereocenters. The fourth-order valence-corrected chi connectivity index (χ4v) is 4.66. The molecule has 1 N–H and O–H groups in total. The van der Waals surface area contributed by atoms with E-state index in [1.54, 1.807) is 19.1 Å². The zero-order chi connectivity index (χ0) is 27.6. The van der Waals surface area contributed by atoms with E-state index in [1.165, 1.54) is 24.3 Å². The molecule has 0 aliphatic carbocycles. The zero-order valence-electron chi connectivity index (χ0n) is 21.2. The van der Waals surface area contributed by atoms with Gasteiger partial charge in [0.2, 0.25) is 11.2 Å². The molecule has 0 saturated carbocycles. The number of anilines is 1. The first-order chi connectivity index (χ1) is 18.8. The Kier molecular flexibility index (Phi) is 7.38. The average molecular weight is 541 g/mol. The van der Waals surface area contributed by atoms with E-state index in [1.807, 2.05) is 35.2 Å². The second-order valence-corrected chi connectivity index (χ2v) is 9.11. The van der Waals surface area contributed by atoms with Crippen LogP contribution in [0.3, 0.4) is 0 Å². The van der Waals surface area contributed by atoms with Crippen molar-refractivity contribution < 1.29 is 32.2 Å². The monoisotopic (exact) mass is 540 g/mol. The van der Waals surface area contributed by atoms with Gasteiger partial charge in [0.1, 0.15) is 11.3 Å². The maximum Gasteiger partial charge on any atom is 0.453 e. The third-order valence-corrected chi connectivity index (χ3v) is 6.59. The zero-order valence-corrected chi connectivity index (χ0v) is 21.2. The predicted molar refractivity (Wildman–Crippen MR) is 141 cm³/mol. The van der Waals surface area contributed by atoms with Crippen LogP contribution in [-0.4, -0.2) is 42.8 Å². The summed E-state index contributed by atoms with van der Waals surface area (Å²) in [7, 11) is 0. The van der Waals surface area contributed by atoms with Gasteiger partial charge in [0.25, 0.3) is 5.76 Å². The molecule has 5 rings (SSSR count). The van der Waals surface area contributed by atoms with E-state index < -0.39 is 23.1 Å². The van der Waals surface area contributed by atoms with Gasteiger partial charge in [0.15, 0.2) is 11.5 Å². The number of ether oxygens (including phenoxy) is 2. The number of benzene rings is 3. The summed E-state index contributed by atoms with van der Waals surface area (Å²) >= 11 is 0. The van der Waals surface area contributed by atoms with Gasteiger partial charge in [-0.1, -0.05) is 30.3 Å². The number of rotatable bonds is 7. The number of halogens is 3. The number of aromatic hydroxyl groups is 1. The van der Waals surface area contributed by atoms with E-state index in [2.05, 4.69) is 4.90 Å². The van der Waals surface area contributed by atoms with Crippen molar-refractivity contribution in [1.29, 1.82) is 0 Å². The molecule has 1 aromatic heterocycles. The molecule has 3 aromatic carbocycles. The quantitative estimate of drug-likeness (QED) is 0.307. The van der Waals surface area contributed by atoms with Crippen molar-refractivity contribution in [1.82, 2.24) is 4.90 Å². The number of hydrogen-bond donors (Lipinski definition) is 1. The van der Waals surface area contributed by atoms with E-state index in [4.69, 9.17) is 13.9 Å². The Bertz CT molecular complexity index is 1510. The van der Waals surface area contributed by atoms with Crippen LogP contribution in [0.2, 0.25) is 0 Å². The second kappa shape index (κ2) is 10.9. The minimum absolute atomic E-state index is 0.0493. The van der Waals surface area contributed by atoms with Gasteiger partial charge in [-0.3, -0.25) is 9.69 Å². The van der Waals surface area contributed by atoms with Gasteiger partial charge in [-0.2, -0.15) is 13.2 Å². The molecule has 1 aliphatic heterocycles. The molecular weight excluding hydrogens is 513 g/mol. The highest BCUT2D eigenvalue weighted by atomic mass is 19.4. The Balaban J connectivity index is 1.50. The molecule has 4 aromatic rings. The first kappa shape index (κ1) is 26.4. The summed E-state index contributed by atoms with van der Waals surface area (Å²) in [5.41, 5.74) is -0.109. The standard InChI is InChI=1S/C29H27F3N2O5/c1-2-37-23-10-6-7-11-24(23)38-27-25(36)20-12-13-22(35)21(26(20)39-28(27)29(30,31)32)18-33-14-16-34(17-15-33)19-8-4-3-5-9-19/h3-13,35H,2,14-18H2,1H3. The molecule has 10 heteroatoms. The van der Waals surface area contributed by atoms with Crippen LogP contribution in [-0.2, 0) is 12.7 Å². The Hall–Kier alpha value is -4.18. The maximum atomic E-state index is 14.2. The Morgan fingerprint density at radius 2 is 1.59 bits per heavy atom. The summed E-state index contributed by atoms with van der Waals surface area (Å²) in [6, 6.07) is 18.6. The smallest absolute Gasteiger partial charge is 0.453 e. The van der Waals surface area contributed by atoms with Gasteiger partial charge in [0, 0.05) is 38.4 Å². The van der Waals surface area contributed by atoms with Crippen LogP contribution in [0.15, 0.2) is 75.9 Å². The van der Waals surface area contributed by atoms with Crippen molar-refractivity contribution in [3.05, 3.63) is 88.3 Å². The molecular formula is C29H27F3N2O5. The number of piperazine rings is 1. The first-order valence-electron chi connectivity index (χ1n) is 12.6. The lowest BCUT2D eigenvalue weighted by molar-refractivity contribution is -0.154. The lowest BCUT2D eigenvalue weighted by Gasteiger charge is -2.36. The highest BCUT2D eigenvalue weighted by molar-refractivity contribution is 5.83. The summed E-state index contributed by atoms with van der Waals surface area (Å²) in [5, 5.41) is 10.5. The average Bonchev–Trinajstić information content (AvgIpc) is 2.93. The van der Waals surface area contributed by atoms with E-state index in [0.29, 0.717) is 26.2 Å². The predicted octanol–water partition coefficient (Wildman–Crippen LogP) is 6.03. The number of phenols is 1. The number of nitrogens with zero attached hydrogens (tertiary/aromatic N) is 2. The number of fused-ring (bicyclic) bond motifs is 1. The van der Waals surface area contributed by atoms with Crippen LogP contribution in [0.4, 0.5) is 18.9 Å². The number of para-hydroxylation sites is 3. The van der Waals surface area contributed by atoms with Gasteiger partial charge < -0.3 is 23.9 Å². The van der Waals surface area contributed by atoms with E-state index in [9.17, 15) is 23.1 Å². The van der Waals surface area contributed by atoms with E-state index >= 15 is 0 Å². The second-order valence-electron chi connectivity index (χ2n) is 9.11. The van der Waals surface area contributed by atoms with Crippen LogP contribution < -0.4 is 19.8 Å². The molecule has 0 spiro atoms. The van der Waals surface area contributed by atoms with Crippen molar-refractivity contribution in [3.8, 4) is 23.0 Å². The molecule has 2 heterocycles. The molecule has 0 atom stereocenters. The largest absolute Gasteiger partial charge is 0.507 e. The van der Waals surface area contributed by atoms with Crippen LogP contribution in [0.25, 0.3) is 11.0 Å². The minimum Gasteiger partial charge on any atom is -0.507 e. The van der Waals surface area contributed by atoms with Gasteiger partial charge in [-0.25, -0.2) is 0 Å². The van der Waals surface area contributed by atoms with Crippen molar-refractivity contribution >= 4 is 16.7 Å². The molecule has 7 nitrogen and oxygen atoms in total. The normalized spacial score (nSPS) is 14.5. The lowest BCUT2D eigenvalue weighted by Crippen LogP contribution is -2.46. The molecule has 1 fully saturated rings. The van der Waals surface area contributed by atoms with Gasteiger partial charge in [-0.05, 0) is 43.3 Å². The number of alkyl halides is 3. The van der Waals surface area contributed by atoms with Gasteiger partial charge >= 0.3 is 6.18 Å². The van der Waals surface area contributed by atoms with Crippen LogP contribution in [0, 0.1) is 0 Å². The molecule has 0 radical (unpaired) electrons. The highest BCUT2D eigenvalue weighted by Crippen LogP contribution is 2.41. The Morgan fingerprint density at radius 3 is 2.26 bits per heavy atom. The summed E-state index contributed by atoms with van der Waals surface area (Å²) in [5.74, 6) is -2.68. The number of hydrogen-bond acceptors (Lipinski definition) is 7. The third kappa shape index (κ3) is 5.51. The van der Waals surface area contributed by atoms with Crippen molar-refractivity contribution in [2.24, 2.45) is 0 Å².